The molecule has 3 aliphatic heterocycles. The van der Waals surface area contributed by atoms with Crippen LogP contribution in [0.1, 0.15) is 36.4 Å². The van der Waals surface area contributed by atoms with Gasteiger partial charge < -0.3 is 14.5 Å². The van der Waals surface area contributed by atoms with E-state index in [0.717, 1.165) is 30.9 Å². The first-order valence-corrected chi connectivity index (χ1v) is 11.4. The maximum absolute atomic E-state index is 14.0. The molecule has 0 spiro atoms. The summed E-state index contributed by atoms with van der Waals surface area (Å²) in [5, 5.41) is 6.34. The number of likely N-dealkylation sites (N-methyl/N-ethyl adjacent to an activating group) is 1. The van der Waals surface area contributed by atoms with Gasteiger partial charge in [0.15, 0.2) is 0 Å². The van der Waals surface area contributed by atoms with Gasteiger partial charge in [-0.2, -0.15) is 5.10 Å². The second kappa shape index (κ2) is 8.90. The molecule has 2 unspecified atom stereocenters. The van der Waals surface area contributed by atoms with Gasteiger partial charge in [-0.05, 0) is 49.7 Å². The normalized spacial score (nSPS) is 22.6. The van der Waals surface area contributed by atoms with E-state index in [1.54, 1.807) is 16.0 Å². The molecule has 3 aliphatic rings. The van der Waals surface area contributed by atoms with Gasteiger partial charge in [0.2, 0.25) is 0 Å². The third-order valence-electron chi connectivity index (χ3n) is 6.71. The highest BCUT2D eigenvalue weighted by atomic mass is 19.1. The molecule has 0 aromatic heterocycles. The van der Waals surface area contributed by atoms with E-state index in [1.165, 1.54) is 31.4 Å². The standard InChI is InChI=1S/C25H29FN4O2/c1-28(14-15-29-12-6-3-7-13-29)25(31)30-24(18-8-4-2-5-9-18)21-17-32-22-11-10-19(26)16-20(22)23(21)27-30/h2,4-5,8-11,16,21,24H,3,6-7,12-15,17H2,1H3. The number of piperidine rings is 1. The number of hydrazone groups is 1. The highest BCUT2D eigenvalue weighted by Gasteiger charge is 2.45. The van der Waals surface area contributed by atoms with Crippen LogP contribution in [0, 0.1) is 11.7 Å². The van der Waals surface area contributed by atoms with Gasteiger partial charge in [0.05, 0.1) is 24.3 Å². The highest BCUT2D eigenvalue weighted by Crippen LogP contribution is 2.42. The van der Waals surface area contributed by atoms with Crippen LogP contribution in [0.4, 0.5) is 9.18 Å². The minimum Gasteiger partial charge on any atom is -0.492 e. The molecule has 0 aliphatic carbocycles. The lowest BCUT2D eigenvalue weighted by atomic mass is 9.86. The summed E-state index contributed by atoms with van der Waals surface area (Å²) in [6.07, 6.45) is 3.75. The van der Waals surface area contributed by atoms with E-state index in [0.29, 0.717) is 24.5 Å². The molecule has 7 heteroatoms. The van der Waals surface area contributed by atoms with Crippen LogP contribution in [-0.2, 0) is 0 Å². The average molecular weight is 437 g/mol. The van der Waals surface area contributed by atoms with Gasteiger partial charge in [-0.3, -0.25) is 0 Å². The van der Waals surface area contributed by atoms with Crippen molar-refractivity contribution < 1.29 is 13.9 Å². The van der Waals surface area contributed by atoms with Gasteiger partial charge in [0.25, 0.3) is 0 Å². The molecular formula is C25H29FN4O2. The summed E-state index contributed by atoms with van der Waals surface area (Å²) in [4.78, 5) is 17.7. The second-order valence-corrected chi connectivity index (χ2v) is 8.85. The number of hydrogen-bond acceptors (Lipinski definition) is 4. The first-order valence-electron chi connectivity index (χ1n) is 11.4. The van der Waals surface area contributed by atoms with Crippen LogP contribution in [0.3, 0.4) is 0 Å². The zero-order valence-electron chi connectivity index (χ0n) is 18.4. The molecule has 2 aromatic rings. The zero-order chi connectivity index (χ0) is 22.1. The lowest BCUT2D eigenvalue weighted by Gasteiger charge is -2.33. The van der Waals surface area contributed by atoms with E-state index in [1.807, 2.05) is 37.4 Å². The number of rotatable bonds is 4. The molecule has 0 radical (unpaired) electrons. The van der Waals surface area contributed by atoms with Crippen molar-refractivity contribution in [2.24, 2.45) is 11.0 Å². The van der Waals surface area contributed by atoms with E-state index < -0.39 is 0 Å². The number of carbonyl (C=O) groups is 1. The molecule has 3 heterocycles. The topological polar surface area (TPSA) is 48.4 Å². The molecule has 1 fully saturated rings. The fraction of sp³-hybridized carbons (Fsp3) is 0.440. The van der Waals surface area contributed by atoms with Gasteiger partial charge in [0, 0.05) is 25.7 Å². The van der Waals surface area contributed by atoms with Crippen LogP contribution < -0.4 is 4.74 Å². The van der Waals surface area contributed by atoms with Crippen LogP contribution >= 0.6 is 0 Å². The Morgan fingerprint density at radius 2 is 1.94 bits per heavy atom. The van der Waals surface area contributed by atoms with Gasteiger partial charge in [-0.25, -0.2) is 14.2 Å². The summed E-state index contributed by atoms with van der Waals surface area (Å²) in [6, 6.07) is 14.0. The number of benzene rings is 2. The maximum atomic E-state index is 14.0. The largest absolute Gasteiger partial charge is 0.492 e. The van der Waals surface area contributed by atoms with Gasteiger partial charge in [-0.15, -0.1) is 0 Å². The van der Waals surface area contributed by atoms with Crippen LogP contribution in [0.5, 0.6) is 5.75 Å². The summed E-state index contributed by atoms with van der Waals surface area (Å²) >= 11 is 0. The number of nitrogens with zero attached hydrogens (tertiary/aromatic N) is 4. The Hall–Kier alpha value is -2.93. The molecule has 2 amide bonds. The van der Waals surface area contributed by atoms with Gasteiger partial charge in [0.1, 0.15) is 11.6 Å². The SMILES string of the molecule is CN(CCN1CCCCC1)C(=O)N1N=C2c3cc(F)ccc3OCC2C1c1ccccc1. The van der Waals surface area contributed by atoms with Crippen molar-refractivity contribution in [3.63, 3.8) is 0 Å². The highest BCUT2D eigenvalue weighted by molar-refractivity contribution is 6.07. The summed E-state index contributed by atoms with van der Waals surface area (Å²) in [6.45, 7) is 4.11. The van der Waals surface area contributed by atoms with Crippen LogP contribution in [-0.4, -0.2) is 66.4 Å². The molecule has 2 aromatic carbocycles. The molecule has 0 saturated carbocycles. The molecule has 32 heavy (non-hydrogen) atoms. The van der Waals surface area contributed by atoms with Crippen molar-refractivity contribution in [1.82, 2.24) is 14.8 Å². The summed E-state index contributed by atoms with van der Waals surface area (Å²) in [5.74, 6) is 0.127. The van der Waals surface area contributed by atoms with Crippen molar-refractivity contribution in [2.45, 2.75) is 25.3 Å². The zero-order valence-corrected chi connectivity index (χ0v) is 18.4. The number of amides is 2. The number of carbonyl (C=O) groups excluding carboxylic acids is 1. The third kappa shape index (κ3) is 3.97. The summed E-state index contributed by atoms with van der Waals surface area (Å²) in [7, 11) is 1.83. The summed E-state index contributed by atoms with van der Waals surface area (Å²) in [5.41, 5.74) is 2.35. The Labute approximate surface area is 188 Å². The fourth-order valence-corrected chi connectivity index (χ4v) is 4.93. The fourth-order valence-electron chi connectivity index (χ4n) is 4.93. The first-order chi connectivity index (χ1) is 15.6. The molecule has 2 atom stereocenters. The van der Waals surface area contributed by atoms with Crippen molar-refractivity contribution in [3.8, 4) is 5.75 Å². The second-order valence-electron chi connectivity index (χ2n) is 8.85. The predicted molar refractivity (Wildman–Crippen MR) is 121 cm³/mol. The van der Waals surface area contributed by atoms with E-state index in [4.69, 9.17) is 9.84 Å². The number of urea groups is 1. The Morgan fingerprint density at radius 1 is 1.16 bits per heavy atom. The minimum absolute atomic E-state index is 0.143. The monoisotopic (exact) mass is 436 g/mol. The predicted octanol–water partition coefficient (Wildman–Crippen LogP) is 4.13. The third-order valence-corrected chi connectivity index (χ3v) is 6.71. The van der Waals surface area contributed by atoms with Gasteiger partial charge >= 0.3 is 6.03 Å². The number of likely N-dealkylation sites (tertiary alicyclic amines) is 1. The lowest BCUT2D eigenvalue weighted by molar-refractivity contribution is 0.126. The van der Waals surface area contributed by atoms with Crippen LogP contribution in [0.25, 0.3) is 0 Å². The van der Waals surface area contributed by atoms with E-state index in [9.17, 15) is 9.18 Å². The Morgan fingerprint density at radius 3 is 2.72 bits per heavy atom. The first kappa shape index (κ1) is 20.9. The Balaban J connectivity index is 1.42. The molecular weight excluding hydrogens is 407 g/mol. The molecule has 6 nitrogen and oxygen atoms in total. The van der Waals surface area contributed by atoms with Crippen LogP contribution in [0.15, 0.2) is 53.6 Å². The number of hydrogen-bond donors (Lipinski definition) is 0. The number of ether oxygens (including phenoxy) is 1. The molecule has 5 rings (SSSR count). The van der Waals surface area contributed by atoms with Crippen molar-refractivity contribution in [3.05, 3.63) is 65.5 Å². The van der Waals surface area contributed by atoms with E-state index in [2.05, 4.69) is 4.90 Å². The smallest absolute Gasteiger partial charge is 0.340 e. The molecule has 1 saturated heterocycles. The molecule has 168 valence electrons. The van der Waals surface area contributed by atoms with Crippen molar-refractivity contribution >= 4 is 11.7 Å². The number of halogens is 1. The minimum atomic E-state index is -0.338. The number of fused-ring (bicyclic) bond motifs is 3. The molecule has 0 bridgehead atoms. The van der Waals surface area contributed by atoms with Crippen molar-refractivity contribution in [2.75, 3.05) is 39.8 Å². The lowest BCUT2D eigenvalue weighted by Crippen LogP contribution is -2.44. The Kier molecular flexibility index (Phi) is 5.83. The molecule has 0 N–H and O–H groups in total. The van der Waals surface area contributed by atoms with E-state index in [-0.39, 0.29) is 23.8 Å². The van der Waals surface area contributed by atoms with Gasteiger partial charge in [-0.1, -0.05) is 36.8 Å². The maximum Gasteiger partial charge on any atom is 0.340 e. The Bertz CT molecular complexity index is 1010. The van der Waals surface area contributed by atoms with E-state index >= 15 is 0 Å². The van der Waals surface area contributed by atoms with Crippen LogP contribution in [0.2, 0.25) is 0 Å². The van der Waals surface area contributed by atoms with Crippen molar-refractivity contribution in [1.29, 1.82) is 0 Å². The quantitative estimate of drug-likeness (QED) is 0.724. The average Bonchev–Trinajstić information content (AvgIpc) is 3.23. The summed E-state index contributed by atoms with van der Waals surface area (Å²) < 4.78 is 20.0.